The van der Waals surface area contributed by atoms with Crippen LogP contribution in [0.2, 0.25) is 0 Å². The van der Waals surface area contributed by atoms with Gasteiger partial charge >= 0.3 is 5.97 Å². The van der Waals surface area contributed by atoms with Crippen molar-refractivity contribution in [3.63, 3.8) is 0 Å². The minimum Gasteiger partial charge on any atom is -0.480 e. The van der Waals surface area contributed by atoms with Crippen molar-refractivity contribution in [1.29, 1.82) is 0 Å². The molecule has 0 aliphatic carbocycles. The zero-order valence-corrected chi connectivity index (χ0v) is 18.9. The van der Waals surface area contributed by atoms with Crippen LogP contribution in [-0.2, 0) is 32.0 Å². The number of carboxylic acid groups (broad SMARTS) is 1. The lowest BCUT2D eigenvalue weighted by Crippen LogP contribution is -2.60. The van der Waals surface area contributed by atoms with Gasteiger partial charge in [0.2, 0.25) is 17.7 Å². The van der Waals surface area contributed by atoms with Crippen LogP contribution in [-0.4, -0.2) is 74.1 Å². The molecular weight excluding hydrogens is 444 g/mol. The summed E-state index contributed by atoms with van der Waals surface area (Å²) in [4.78, 5) is 55.9. The first-order valence-electron chi connectivity index (χ1n) is 10.7. The van der Waals surface area contributed by atoms with Crippen LogP contribution in [0.15, 0.2) is 42.9 Å². The number of nitrogens with two attached hydrogens (primary N) is 1. The monoisotopic (exact) mass is 474 g/mol. The molecule has 12 nitrogen and oxygen atoms in total. The van der Waals surface area contributed by atoms with Gasteiger partial charge in [0.15, 0.2) is 0 Å². The quantitative estimate of drug-likeness (QED) is 0.192. The predicted octanol–water partition coefficient (Wildman–Crippen LogP) is -1.54. The molecule has 0 saturated carbocycles. The first-order chi connectivity index (χ1) is 16.1. The number of benzene rings is 1. The molecule has 1 aromatic heterocycles. The zero-order chi connectivity index (χ0) is 25.3. The highest BCUT2D eigenvalue weighted by atomic mass is 16.4. The molecule has 8 N–H and O–H groups in total. The molecule has 0 radical (unpaired) electrons. The van der Waals surface area contributed by atoms with Crippen molar-refractivity contribution in [2.45, 2.75) is 57.0 Å². The molecule has 1 heterocycles. The number of carbonyl (C=O) groups is 4. The molecule has 0 saturated heterocycles. The van der Waals surface area contributed by atoms with Crippen molar-refractivity contribution in [3.8, 4) is 0 Å². The van der Waals surface area contributed by atoms with Crippen LogP contribution in [0.25, 0.3) is 0 Å². The van der Waals surface area contributed by atoms with Gasteiger partial charge in [-0.3, -0.25) is 19.2 Å². The molecule has 2 aromatic rings. The molecule has 5 atom stereocenters. The van der Waals surface area contributed by atoms with Gasteiger partial charge in [0.05, 0.1) is 18.5 Å². The lowest BCUT2D eigenvalue weighted by atomic mass is 10.0. The SMILES string of the molecule is CC(NC(=O)C(Cc1cnc[nH]1)NC(=O)C(NC(=O)C(N)Cc1ccccc1)C(C)O)C(=O)O. The predicted molar refractivity (Wildman–Crippen MR) is 121 cm³/mol. The molecule has 34 heavy (non-hydrogen) atoms. The molecule has 0 aliphatic rings. The summed E-state index contributed by atoms with van der Waals surface area (Å²) in [5.41, 5.74) is 7.30. The number of aliphatic carboxylic acids is 1. The molecule has 3 amide bonds. The summed E-state index contributed by atoms with van der Waals surface area (Å²) in [5.74, 6) is -3.49. The fourth-order valence-electron chi connectivity index (χ4n) is 3.09. The summed E-state index contributed by atoms with van der Waals surface area (Å²) < 4.78 is 0. The van der Waals surface area contributed by atoms with Crippen LogP contribution < -0.4 is 21.7 Å². The second-order valence-electron chi connectivity index (χ2n) is 7.93. The Hall–Kier alpha value is -3.77. The number of aromatic nitrogens is 2. The van der Waals surface area contributed by atoms with Gasteiger partial charge in [-0.05, 0) is 25.8 Å². The highest BCUT2D eigenvalue weighted by molar-refractivity contribution is 5.94. The molecule has 1 aromatic carbocycles. The second-order valence-corrected chi connectivity index (χ2v) is 7.93. The fourth-order valence-corrected chi connectivity index (χ4v) is 3.09. The maximum absolute atomic E-state index is 12.9. The van der Waals surface area contributed by atoms with Crippen molar-refractivity contribution in [2.75, 3.05) is 0 Å². The number of imidazole rings is 1. The highest BCUT2D eigenvalue weighted by Gasteiger charge is 2.32. The third kappa shape index (κ3) is 7.98. The third-order valence-electron chi connectivity index (χ3n) is 5.04. The van der Waals surface area contributed by atoms with Crippen molar-refractivity contribution < 1.29 is 29.4 Å². The number of amides is 3. The number of nitrogens with one attached hydrogen (secondary N) is 4. The smallest absolute Gasteiger partial charge is 0.325 e. The second kappa shape index (κ2) is 12.5. The average Bonchev–Trinajstić information content (AvgIpc) is 3.30. The Bertz CT molecular complexity index is 966. The number of aliphatic hydroxyl groups excluding tert-OH is 1. The van der Waals surface area contributed by atoms with Crippen LogP contribution in [0.5, 0.6) is 0 Å². The Morgan fingerprint density at radius 3 is 2.24 bits per heavy atom. The molecule has 0 spiro atoms. The van der Waals surface area contributed by atoms with Crippen molar-refractivity contribution >= 4 is 23.7 Å². The Morgan fingerprint density at radius 1 is 1.00 bits per heavy atom. The molecule has 5 unspecified atom stereocenters. The Balaban J connectivity index is 2.09. The topological polar surface area (TPSA) is 200 Å². The number of rotatable bonds is 12. The summed E-state index contributed by atoms with van der Waals surface area (Å²) in [6.07, 6.45) is 1.72. The van der Waals surface area contributed by atoms with E-state index in [0.29, 0.717) is 5.69 Å². The normalized spacial score (nSPS) is 15.3. The van der Waals surface area contributed by atoms with E-state index < -0.39 is 54.0 Å². The minimum atomic E-state index is -1.40. The van der Waals surface area contributed by atoms with Gasteiger partial charge in [-0.25, -0.2) is 4.98 Å². The lowest BCUT2D eigenvalue weighted by molar-refractivity contribution is -0.142. The maximum Gasteiger partial charge on any atom is 0.325 e. The van der Waals surface area contributed by atoms with Gasteiger partial charge in [0, 0.05) is 18.3 Å². The first kappa shape index (κ1) is 26.5. The molecule has 184 valence electrons. The van der Waals surface area contributed by atoms with Crippen LogP contribution in [0.1, 0.15) is 25.1 Å². The van der Waals surface area contributed by atoms with E-state index in [1.807, 2.05) is 30.3 Å². The number of carbonyl (C=O) groups excluding carboxylic acids is 3. The number of H-pyrrole nitrogens is 1. The Kier molecular flexibility index (Phi) is 9.71. The number of nitrogens with zero attached hydrogens (tertiary/aromatic N) is 1. The van der Waals surface area contributed by atoms with Crippen LogP contribution in [0.4, 0.5) is 0 Å². The van der Waals surface area contributed by atoms with Crippen LogP contribution >= 0.6 is 0 Å². The molecular formula is C22H30N6O6. The first-order valence-corrected chi connectivity index (χ1v) is 10.7. The molecule has 0 aliphatic heterocycles. The maximum atomic E-state index is 12.9. The van der Waals surface area contributed by atoms with E-state index in [-0.39, 0.29) is 12.8 Å². The van der Waals surface area contributed by atoms with Gasteiger partial charge in [-0.1, -0.05) is 30.3 Å². The van der Waals surface area contributed by atoms with Crippen LogP contribution in [0.3, 0.4) is 0 Å². The van der Waals surface area contributed by atoms with E-state index >= 15 is 0 Å². The number of aromatic amines is 1. The van der Waals surface area contributed by atoms with Crippen molar-refractivity contribution in [1.82, 2.24) is 25.9 Å². The summed E-state index contributed by atoms with van der Waals surface area (Å²) in [6, 6.07) is 4.29. The van der Waals surface area contributed by atoms with E-state index in [0.717, 1.165) is 5.56 Å². The van der Waals surface area contributed by atoms with E-state index in [2.05, 4.69) is 25.9 Å². The van der Waals surface area contributed by atoms with E-state index in [9.17, 15) is 24.3 Å². The third-order valence-corrected chi connectivity index (χ3v) is 5.04. The van der Waals surface area contributed by atoms with E-state index in [4.69, 9.17) is 10.8 Å². The Morgan fingerprint density at radius 2 is 1.68 bits per heavy atom. The summed E-state index contributed by atoms with van der Waals surface area (Å²) in [7, 11) is 0. The number of carboxylic acids is 1. The largest absolute Gasteiger partial charge is 0.480 e. The van der Waals surface area contributed by atoms with Crippen molar-refractivity contribution in [3.05, 3.63) is 54.1 Å². The van der Waals surface area contributed by atoms with Gasteiger partial charge < -0.3 is 36.9 Å². The van der Waals surface area contributed by atoms with E-state index in [1.165, 1.54) is 26.4 Å². The molecule has 2 rings (SSSR count). The fraction of sp³-hybridized carbons (Fsp3) is 0.409. The van der Waals surface area contributed by atoms with E-state index in [1.54, 1.807) is 0 Å². The average molecular weight is 475 g/mol. The van der Waals surface area contributed by atoms with Gasteiger partial charge in [0.1, 0.15) is 18.1 Å². The van der Waals surface area contributed by atoms with Gasteiger partial charge in [0.25, 0.3) is 0 Å². The summed E-state index contributed by atoms with van der Waals surface area (Å²) in [5, 5.41) is 26.4. The molecule has 0 bridgehead atoms. The minimum absolute atomic E-state index is 0.0299. The molecule has 12 heteroatoms. The highest BCUT2D eigenvalue weighted by Crippen LogP contribution is 2.05. The van der Waals surface area contributed by atoms with Crippen LogP contribution in [0, 0.1) is 0 Å². The standard InChI is InChI=1S/C22H30N6O6/c1-12(22(33)34)26-20(31)17(9-15-10-24-11-25-15)27-21(32)18(13(2)29)28-19(30)16(23)8-14-6-4-3-5-7-14/h3-7,10-13,16-18,29H,8-9,23H2,1-2H3,(H,24,25)(H,26,31)(H,27,32)(H,28,30)(H,33,34). The number of hydrogen-bond donors (Lipinski definition) is 7. The van der Waals surface area contributed by atoms with Gasteiger partial charge in [-0.2, -0.15) is 0 Å². The summed E-state index contributed by atoms with van der Waals surface area (Å²) >= 11 is 0. The van der Waals surface area contributed by atoms with Gasteiger partial charge in [-0.15, -0.1) is 0 Å². The number of hydrogen-bond acceptors (Lipinski definition) is 7. The molecule has 0 fully saturated rings. The zero-order valence-electron chi connectivity index (χ0n) is 18.9. The summed E-state index contributed by atoms with van der Waals surface area (Å²) in [6.45, 7) is 2.59. The Labute approximate surface area is 196 Å². The number of aliphatic hydroxyl groups is 1. The lowest BCUT2D eigenvalue weighted by Gasteiger charge is -2.26. The van der Waals surface area contributed by atoms with Crippen molar-refractivity contribution in [2.24, 2.45) is 5.73 Å².